The maximum absolute atomic E-state index is 5.93. The van der Waals surface area contributed by atoms with Crippen molar-refractivity contribution in [1.29, 1.82) is 0 Å². The summed E-state index contributed by atoms with van der Waals surface area (Å²) in [5.74, 6) is 0.474. The summed E-state index contributed by atoms with van der Waals surface area (Å²) in [6.45, 7) is 4.23. The highest BCUT2D eigenvalue weighted by Gasteiger charge is 2.13. The zero-order valence-corrected chi connectivity index (χ0v) is 8.35. The summed E-state index contributed by atoms with van der Waals surface area (Å²) >= 11 is 3.42. The summed E-state index contributed by atoms with van der Waals surface area (Å²) in [6, 6.07) is 0.121. The fraction of sp³-hybridized carbons (Fsp3) is 0.500. The maximum Gasteiger partial charge on any atom is 0.0397 e. The molecule has 0 aliphatic rings. The Morgan fingerprint density at radius 2 is 2.09 bits per heavy atom. The largest absolute Gasteiger partial charge is 0.366 e. The molecule has 0 saturated heterocycles. The van der Waals surface area contributed by atoms with E-state index in [1.165, 1.54) is 0 Å². The van der Waals surface area contributed by atoms with E-state index >= 15 is 0 Å². The summed E-state index contributed by atoms with van der Waals surface area (Å²) < 4.78 is 1.07. The van der Waals surface area contributed by atoms with Crippen LogP contribution in [0.2, 0.25) is 0 Å². The summed E-state index contributed by atoms with van der Waals surface area (Å²) in [7, 11) is 0. The molecule has 1 heterocycles. The molecule has 3 N–H and O–H groups in total. The Bertz CT molecular complexity index is 230. The van der Waals surface area contributed by atoms with Gasteiger partial charge in [0.2, 0.25) is 0 Å². The van der Waals surface area contributed by atoms with Gasteiger partial charge in [0.15, 0.2) is 0 Å². The fourth-order valence-corrected chi connectivity index (χ4v) is 1.48. The van der Waals surface area contributed by atoms with E-state index in [-0.39, 0.29) is 6.04 Å². The van der Waals surface area contributed by atoms with Gasteiger partial charge in [0.05, 0.1) is 0 Å². The Balaban J connectivity index is 2.84. The molecule has 0 spiro atoms. The molecule has 0 unspecified atom stereocenters. The Morgan fingerprint density at radius 1 is 1.45 bits per heavy atom. The lowest BCUT2D eigenvalue weighted by Gasteiger charge is -2.14. The summed E-state index contributed by atoms with van der Waals surface area (Å²) in [5.41, 5.74) is 7.09. The molecular formula is C8H13BrN2. The van der Waals surface area contributed by atoms with Crippen molar-refractivity contribution in [3.05, 3.63) is 22.4 Å². The minimum absolute atomic E-state index is 0.121. The molecule has 1 rings (SSSR count). The fourth-order valence-electron chi connectivity index (χ4n) is 0.971. The molecule has 0 aliphatic carbocycles. The van der Waals surface area contributed by atoms with E-state index in [0.717, 1.165) is 10.0 Å². The zero-order valence-electron chi connectivity index (χ0n) is 6.76. The lowest BCUT2D eigenvalue weighted by Crippen LogP contribution is -2.16. The monoisotopic (exact) mass is 216 g/mol. The van der Waals surface area contributed by atoms with E-state index in [1.54, 1.807) is 0 Å². The van der Waals surface area contributed by atoms with Crippen LogP contribution in [0.4, 0.5) is 0 Å². The standard InChI is InChI=1S/C8H13BrN2/c1-5(2)8(10)6-3-11-4-7(6)9/h3-5,8,11H,10H2,1-2H3/t8-/m1/s1. The Labute approximate surface area is 75.3 Å². The third-order valence-electron chi connectivity index (χ3n) is 1.80. The van der Waals surface area contributed by atoms with Gasteiger partial charge in [-0.25, -0.2) is 0 Å². The van der Waals surface area contributed by atoms with E-state index in [4.69, 9.17) is 5.73 Å². The first-order valence-corrected chi connectivity index (χ1v) is 4.50. The van der Waals surface area contributed by atoms with Crippen LogP contribution in [0, 0.1) is 5.92 Å². The SMILES string of the molecule is CC(C)[C@@H](N)c1c[nH]cc1Br. The van der Waals surface area contributed by atoms with Gasteiger partial charge >= 0.3 is 0 Å². The van der Waals surface area contributed by atoms with Gasteiger partial charge in [0.25, 0.3) is 0 Å². The van der Waals surface area contributed by atoms with Crippen LogP contribution >= 0.6 is 15.9 Å². The molecule has 3 heteroatoms. The number of aromatic amines is 1. The highest BCUT2D eigenvalue weighted by Crippen LogP contribution is 2.25. The van der Waals surface area contributed by atoms with E-state index in [1.807, 2.05) is 12.4 Å². The lowest BCUT2D eigenvalue weighted by molar-refractivity contribution is 0.513. The molecule has 62 valence electrons. The van der Waals surface area contributed by atoms with E-state index in [0.29, 0.717) is 5.92 Å². The number of halogens is 1. The minimum atomic E-state index is 0.121. The maximum atomic E-state index is 5.93. The molecule has 0 radical (unpaired) electrons. The van der Waals surface area contributed by atoms with Crippen molar-refractivity contribution in [3.63, 3.8) is 0 Å². The van der Waals surface area contributed by atoms with Crippen LogP contribution in [0.1, 0.15) is 25.5 Å². The Kier molecular flexibility index (Phi) is 2.73. The second kappa shape index (κ2) is 3.41. The topological polar surface area (TPSA) is 41.8 Å². The van der Waals surface area contributed by atoms with Gasteiger partial charge in [-0.2, -0.15) is 0 Å². The van der Waals surface area contributed by atoms with Crippen LogP contribution in [-0.2, 0) is 0 Å². The van der Waals surface area contributed by atoms with Gasteiger partial charge in [0, 0.05) is 28.5 Å². The highest BCUT2D eigenvalue weighted by molar-refractivity contribution is 9.10. The molecule has 1 aromatic rings. The van der Waals surface area contributed by atoms with Gasteiger partial charge in [-0.3, -0.25) is 0 Å². The van der Waals surface area contributed by atoms with Crippen molar-refractivity contribution in [2.75, 3.05) is 0 Å². The van der Waals surface area contributed by atoms with Crippen molar-refractivity contribution in [1.82, 2.24) is 4.98 Å². The van der Waals surface area contributed by atoms with Crippen molar-refractivity contribution < 1.29 is 0 Å². The van der Waals surface area contributed by atoms with E-state index in [9.17, 15) is 0 Å². The van der Waals surface area contributed by atoms with Gasteiger partial charge in [-0.1, -0.05) is 13.8 Å². The Hall–Kier alpha value is -0.280. The molecule has 11 heavy (non-hydrogen) atoms. The number of nitrogens with one attached hydrogen (secondary N) is 1. The van der Waals surface area contributed by atoms with Crippen LogP contribution < -0.4 is 5.73 Å². The van der Waals surface area contributed by atoms with Gasteiger partial charge in [-0.15, -0.1) is 0 Å². The molecule has 0 aromatic carbocycles. The third kappa shape index (κ3) is 1.84. The lowest BCUT2D eigenvalue weighted by atomic mass is 10.00. The first-order valence-electron chi connectivity index (χ1n) is 3.70. The van der Waals surface area contributed by atoms with Crippen LogP contribution in [0.15, 0.2) is 16.9 Å². The smallest absolute Gasteiger partial charge is 0.0397 e. The molecule has 1 atom stereocenters. The molecule has 0 bridgehead atoms. The van der Waals surface area contributed by atoms with Crippen LogP contribution in [0.5, 0.6) is 0 Å². The molecule has 2 nitrogen and oxygen atoms in total. The van der Waals surface area contributed by atoms with Crippen molar-refractivity contribution >= 4 is 15.9 Å². The number of hydrogen-bond acceptors (Lipinski definition) is 1. The predicted octanol–water partition coefficient (Wildman–Crippen LogP) is 2.43. The summed E-state index contributed by atoms with van der Waals surface area (Å²) in [4.78, 5) is 3.01. The zero-order chi connectivity index (χ0) is 8.43. The highest BCUT2D eigenvalue weighted by atomic mass is 79.9. The van der Waals surface area contributed by atoms with Gasteiger partial charge in [0.1, 0.15) is 0 Å². The molecule has 0 amide bonds. The van der Waals surface area contributed by atoms with Gasteiger partial charge in [-0.05, 0) is 21.8 Å². The molecule has 1 aromatic heterocycles. The first-order chi connectivity index (χ1) is 5.13. The molecule has 0 fully saturated rings. The summed E-state index contributed by atoms with van der Waals surface area (Å²) in [5, 5.41) is 0. The molecule has 0 saturated carbocycles. The average Bonchev–Trinajstić information content (AvgIpc) is 2.33. The average molecular weight is 217 g/mol. The van der Waals surface area contributed by atoms with E-state index in [2.05, 4.69) is 34.8 Å². The normalized spacial score (nSPS) is 13.9. The molecule has 0 aliphatic heterocycles. The number of nitrogens with two attached hydrogens (primary N) is 1. The second-order valence-electron chi connectivity index (χ2n) is 3.03. The van der Waals surface area contributed by atoms with E-state index < -0.39 is 0 Å². The Morgan fingerprint density at radius 3 is 2.45 bits per heavy atom. The summed E-state index contributed by atoms with van der Waals surface area (Å²) in [6.07, 6.45) is 3.84. The number of H-pyrrole nitrogens is 1. The van der Waals surface area contributed by atoms with Crippen LogP contribution in [0.25, 0.3) is 0 Å². The van der Waals surface area contributed by atoms with Crippen molar-refractivity contribution in [2.45, 2.75) is 19.9 Å². The van der Waals surface area contributed by atoms with Crippen LogP contribution in [0.3, 0.4) is 0 Å². The van der Waals surface area contributed by atoms with Crippen molar-refractivity contribution in [3.8, 4) is 0 Å². The number of aromatic nitrogens is 1. The second-order valence-corrected chi connectivity index (χ2v) is 3.88. The third-order valence-corrected chi connectivity index (χ3v) is 2.49. The quantitative estimate of drug-likeness (QED) is 0.784. The van der Waals surface area contributed by atoms with Crippen molar-refractivity contribution in [2.24, 2.45) is 11.7 Å². The predicted molar refractivity (Wildman–Crippen MR) is 50.3 cm³/mol. The van der Waals surface area contributed by atoms with Crippen LogP contribution in [-0.4, -0.2) is 4.98 Å². The number of hydrogen-bond donors (Lipinski definition) is 2. The minimum Gasteiger partial charge on any atom is -0.366 e. The number of rotatable bonds is 2. The van der Waals surface area contributed by atoms with Gasteiger partial charge < -0.3 is 10.7 Å². The first kappa shape index (κ1) is 8.81. The molecular weight excluding hydrogens is 204 g/mol.